The lowest BCUT2D eigenvalue weighted by atomic mass is 9.86. The summed E-state index contributed by atoms with van der Waals surface area (Å²) in [6, 6.07) is 5.13. The number of alkyl halides is 1. The van der Waals surface area contributed by atoms with Crippen molar-refractivity contribution in [2.24, 2.45) is 0 Å². The van der Waals surface area contributed by atoms with Crippen molar-refractivity contribution in [1.82, 2.24) is 14.9 Å². The van der Waals surface area contributed by atoms with E-state index < -0.39 is 23.3 Å². The Labute approximate surface area is 155 Å². The molecule has 2 atom stereocenters. The fraction of sp³-hybridized carbons (Fsp3) is 0.294. The van der Waals surface area contributed by atoms with Crippen LogP contribution < -0.4 is 5.32 Å². The molecule has 4 rings (SSSR count). The SMILES string of the molecule is O=C(CN1C[C@@]2(C[C@H]2F)c2cc(Br)ccc2C1=O)Nc1ncc(F)cn1. The lowest BCUT2D eigenvalue weighted by Crippen LogP contribution is -2.47. The summed E-state index contributed by atoms with van der Waals surface area (Å²) in [7, 11) is 0. The van der Waals surface area contributed by atoms with Crippen LogP contribution in [0.1, 0.15) is 22.3 Å². The highest BCUT2D eigenvalue weighted by molar-refractivity contribution is 9.10. The molecular formula is C17H13BrF2N4O2. The van der Waals surface area contributed by atoms with Crippen molar-refractivity contribution in [1.29, 1.82) is 0 Å². The maximum Gasteiger partial charge on any atom is 0.254 e. The van der Waals surface area contributed by atoms with Gasteiger partial charge in [-0.2, -0.15) is 0 Å². The third-order valence-corrected chi connectivity index (χ3v) is 5.19. The molecular weight excluding hydrogens is 410 g/mol. The van der Waals surface area contributed by atoms with Crippen LogP contribution in [0, 0.1) is 5.82 Å². The Kier molecular flexibility index (Phi) is 3.98. The van der Waals surface area contributed by atoms with Crippen molar-refractivity contribution < 1.29 is 18.4 Å². The first-order valence-electron chi connectivity index (χ1n) is 7.90. The minimum absolute atomic E-state index is 0.0605. The number of nitrogens with zero attached hydrogens (tertiary/aromatic N) is 3. The van der Waals surface area contributed by atoms with E-state index in [0.29, 0.717) is 17.5 Å². The smallest absolute Gasteiger partial charge is 0.254 e. The number of hydrogen-bond donors (Lipinski definition) is 1. The quantitative estimate of drug-likeness (QED) is 0.823. The Balaban J connectivity index is 1.54. The van der Waals surface area contributed by atoms with Gasteiger partial charge in [0.2, 0.25) is 11.9 Å². The van der Waals surface area contributed by atoms with Gasteiger partial charge in [-0.05, 0) is 30.2 Å². The van der Waals surface area contributed by atoms with Crippen molar-refractivity contribution in [3.8, 4) is 0 Å². The summed E-state index contributed by atoms with van der Waals surface area (Å²) >= 11 is 3.36. The van der Waals surface area contributed by atoms with Crippen LogP contribution in [0.25, 0.3) is 0 Å². The summed E-state index contributed by atoms with van der Waals surface area (Å²) in [4.78, 5) is 33.5. The summed E-state index contributed by atoms with van der Waals surface area (Å²) in [5.74, 6) is -1.54. The van der Waals surface area contributed by atoms with Crippen LogP contribution in [0.3, 0.4) is 0 Å². The van der Waals surface area contributed by atoms with Crippen molar-refractivity contribution in [2.45, 2.75) is 18.0 Å². The van der Waals surface area contributed by atoms with Gasteiger partial charge < -0.3 is 4.90 Å². The molecule has 1 saturated carbocycles. The highest BCUT2D eigenvalue weighted by atomic mass is 79.9. The van der Waals surface area contributed by atoms with Gasteiger partial charge in [-0.3, -0.25) is 14.9 Å². The number of carbonyl (C=O) groups excluding carboxylic acids is 2. The van der Waals surface area contributed by atoms with Crippen molar-refractivity contribution in [3.63, 3.8) is 0 Å². The molecule has 1 aromatic heterocycles. The van der Waals surface area contributed by atoms with E-state index >= 15 is 0 Å². The second-order valence-corrected chi connectivity index (χ2v) is 7.37. The molecule has 26 heavy (non-hydrogen) atoms. The number of nitrogens with one attached hydrogen (secondary N) is 1. The van der Waals surface area contributed by atoms with E-state index in [1.807, 2.05) is 0 Å². The predicted octanol–water partition coefficient (Wildman–Crippen LogP) is 2.45. The van der Waals surface area contributed by atoms with Gasteiger partial charge in [0.1, 0.15) is 12.7 Å². The zero-order chi connectivity index (χ0) is 18.5. The molecule has 6 nitrogen and oxygen atoms in total. The van der Waals surface area contributed by atoms with E-state index in [0.717, 1.165) is 16.9 Å². The summed E-state index contributed by atoms with van der Waals surface area (Å²) in [5.41, 5.74) is 0.341. The van der Waals surface area contributed by atoms with Crippen LogP contribution in [0.2, 0.25) is 0 Å². The average Bonchev–Trinajstić information content (AvgIpc) is 3.25. The topological polar surface area (TPSA) is 75.2 Å². The van der Waals surface area contributed by atoms with Gasteiger partial charge in [0.05, 0.1) is 12.4 Å². The van der Waals surface area contributed by atoms with Gasteiger partial charge in [-0.15, -0.1) is 0 Å². The third-order valence-electron chi connectivity index (χ3n) is 4.70. The van der Waals surface area contributed by atoms with Crippen molar-refractivity contribution in [2.75, 3.05) is 18.4 Å². The first kappa shape index (κ1) is 17.0. The van der Waals surface area contributed by atoms with Gasteiger partial charge in [0.15, 0.2) is 5.82 Å². The van der Waals surface area contributed by atoms with E-state index in [1.54, 1.807) is 18.2 Å². The number of carbonyl (C=O) groups is 2. The van der Waals surface area contributed by atoms with E-state index in [-0.39, 0.29) is 24.9 Å². The molecule has 1 N–H and O–H groups in total. The monoisotopic (exact) mass is 422 g/mol. The average molecular weight is 423 g/mol. The van der Waals surface area contributed by atoms with Gasteiger partial charge in [-0.1, -0.05) is 15.9 Å². The lowest BCUT2D eigenvalue weighted by molar-refractivity contribution is -0.117. The minimum Gasteiger partial charge on any atom is -0.328 e. The van der Waals surface area contributed by atoms with Crippen LogP contribution in [0.5, 0.6) is 0 Å². The molecule has 134 valence electrons. The summed E-state index contributed by atoms with van der Waals surface area (Å²) in [6.45, 7) is -0.127. The maximum atomic E-state index is 14.2. The number of rotatable bonds is 3. The van der Waals surface area contributed by atoms with Crippen LogP contribution in [-0.2, 0) is 10.2 Å². The lowest BCUT2D eigenvalue weighted by Gasteiger charge is -2.34. The van der Waals surface area contributed by atoms with Gasteiger partial charge >= 0.3 is 0 Å². The van der Waals surface area contributed by atoms with E-state index in [2.05, 4.69) is 31.2 Å². The fourth-order valence-corrected chi connectivity index (χ4v) is 3.69. The number of amides is 2. The van der Waals surface area contributed by atoms with E-state index in [1.165, 1.54) is 4.90 Å². The highest BCUT2D eigenvalue weighted by Crippen LogP contribution is 2.54. The number of halogens is 3. The molecule has 1 spiro atoms. The molecule has 0 bridgehead atoms. The largest absolute Gasteiger partial charge is 0.328 e. The normalized spacial score (nSPS) is 23.7. The second-order valence-electron chi connectivity index (χ2n) is 6.45. The summed E-state index contributed by atoms with van der Waals surface area (Å²) < 4.78 is 27.8. The standard InChI is InChI=1S/C17H13BrF2N4O2/c18-9-1-2-11-12(3-9)17(4-13(17)20)8-24(15(11)26)7-14(25)23-16-21-5-10(19)6-22-16/h1-3,5-6,13H,4,7-8H2,(H,21,22,23,25)/t13-,17+/m1/s1. The van der Waals surface area contributed by atoms with Gasteiger partial charge in [0.25, 0.3) is 5.91 Å². The number of hydrogen-bond acceptors (Lipinski definition) is 4. The molecule has 0 saturated heterocycles. The van der Waals surface area contributed by atoms with Crippen LogP contribution in [0.15, 0.2) is 35.1 Å². The Hall–Kier alpha value is -2.42. The Morgan fingerprint density at radius 1 is 1.38 bits per heavy atom. The Morgan fingerprint density at radius 3 is 2.73 bits per heavy atom. The molecule has 9 heteroatoms. The highest BCUT2D eigenvalue weighted by Gasteiger charge is 2.61. The first-order chi connectivity index (χ1) is 12.4. The molecule has 2 amide bonds. The maximum absolute atomic E-state index is 14.2. The second kappa shape index (κ2) is 6.08. The molecule has 2 aliphatic rings. The van der Waals surface area contributed by atoms with Crippen molar-refractivity contribution in [3.05, 3.63) is 52.0 Å². The fourth-order valence-electron chi connectivity index (χ4n) is 3.33. The molecule has 2 heterocycles. The predicted molar refractivity (Wildman–Crippen MR) is 91.9 cm³/mol. The van der Waals surface area contributed by atoms with E-state index in [4.69, 9.17) is 0 Å². The molecule has 1 aromatic carbocycles. The molecule has 0 radical (unpaired) electrons. The number of benzene rings is 1. The first-order valence-corrected chi connectivity index (χ1v) is 8.69. The molecule has 1 aliphatic heterocycles. The minimum atomic E-state index is -1.05. The van der Waals surface area contributed by atoms with E-state index in [9.17, 15) is 18.4 Å². The molecule has 0 unspecified atom stereocenters. The molecule has 1 fully saturated rings. The van der Waals surface area contributed by atoms with Crippen LogP contribution >= 0.6 is 15.9 Å². The Bertz CT molecular complexity index is 908. The van der Waals surface area contributed by atoms with Crippen LogP contribution in [0.4, 0.5) is 14.7 Å². The summed E-state index contributed by atoms with van der Waals surface area (Å²) in [5, 5.41) is 2.41. The number of aromatic nitrogens is 2. The summed E-state index contributed by atoms with van der Waals surface area (Å²) in [6.07, 6.45) is 1.13. The number of anilines is 1. The molecule has 1 aliphatic carbocycles. The number of fused-ring (bicyclic) bond motifs is 2. The van der Waals surface area contributed by atoms with Gasteiger partial charge in [0, 0.05) is 22.0 Å². The zero-order valence-corrected chi connectivity index (χ0v) is 15.0. The van der Waals surface area contributed by atoms with Gasteiger partial charge in [-0.25, -0.2) is 18.7 Å². The molecule has 2 aromatic rings. The third kappa shape index (κ3) is 2.86. The Morgan fingerprint density at radius 2 is 2.08 bits per heavy atom. The van der Waals surface area contributed by atoms with Crippen LogP contribution in [-0.4, -0.2) is 45.9 Å². The zero-order valence-electron chi connectivity index (χ0n) is 13.4. The van der Waals surface area contributed by atoms with Crippen molar-refractivity contribution >= 4 is 33.7 Å².